The molecule has 2 rings (SSSR count). The van der Waals surface area contributed by atoms with Crippen LogP contribution in [0.15, 0.2) is 24.3 Å². The summed E-state index contributed by atoms with van der Waals surface area (Å²) in [4.78, 5) is 28.6. The lowest BCUT2D eigenvalue weighted by atomic mass is 10.1. The van der Waals surface area contributed by atoms with Gasteiger partial charge in [0.15, 0.2) is 0 Å². The smallest absolute Gasteiger partial charge is 0.355 e. The molecule has 26 heavy (non-hydrogen) atoms. The number of halogens is 3. The van der Waals surface area contributed by atoms with E-state index >= 15 is 0 Å². The number of alkyl halides is 3. The number of nitrogens with one attached hydrogen (secondary N) is 2. The molecular weight excluding hydrogens is 367 g/mol. The first-order valence-electron chi connectivity index (χ1n) is 7.87. The summed E-state index contributed by atoms with van der Waals surface area (Å²) < 4.78 is 37.9. The molecule has 1 atom stereocenters. The maximum atomic E-state index is 12.6. The van der Waals surface area contributed by atoms with Gasteiger partial charge in [-0.05, 0) is 32.9 Å². The SMILES string of the molecule is CCNC(=O)[C@H](C)NC(=O)c1sc(-c2ccc(C(F)(F)F)cc2)nc1C. The molecule has 140 valence electrons. The number of hydrogen-bond donors (Lipinski definition) is 2. The number of thiazole rings is 1. The van der Waals surface area contributed by atoms with Gasteiger partial charge in [0, 0.05) is 12.1 Å². The molecule has 9 heteroatoms. The molecule has 0 saturated heterocycles. The number of carbonyl (C=O) groups is 2. The monoisotopic (exact) mass is 385 g/mol. The quantitative estimate of drug-likeness (QED) is 0.829. The first kappa shape index (κ1) is 19.9. The van der Waals surface area contributed by atoms with Crippen molar-refractivity contribution < 1.29 is 22.8 Å². The molecule has 0 spiro atoms. The van der Waals surface area contributed by atoms with Crippen molar-refractivity contribution >= 4 is 23.2 Å². The molecule has 1 aromatic carbocycles. The maximum absolute atomic E-state index is 12.6. The van der Waals surface area contributed by atoms with E-state index in [1.165, 1.54) is 12.1 Å². The zero-order valence-electron chi connectivity index (χ0n) is 14.4. The van der Waals surface area contributed by atoms with E-state index in [1.807, 2.05) is 0 Å². The number of amides is 2. The van der Waals surface area contributed by atoms with E-state index in [0.717, 1.165) is 23.5 Å². The summed E-state index contributed by atoms with van der Waals surface area (Å²) in [6.45, 7) is 5.43. The highest BCUT2D eigenvalue weighted by atomic mass is 32.1. The third kappa shape index (κ3) is 4.60. The van der Waals surface area contributed by atoms with Gasteiger partial charge in [-0.2, -0.15) is 13.2 Å². The van der Waals surface area contributed by atoms with Crippen LogP contribution in [0.4, 0.5) is 13.2 Å². The molecule has 0 bridgehead atoms. The Hall–Kier alpha value is -2.42. The van der Waals surface area contributed by atoms with Gasteiger partial charge in [-0.15, -0.1) is 11.3 Å². The summed E-state index contributed by atoms with van der Waals surface area (Å²) >= 11 is 1.07. The Balaban J connectivity index is 2.18. The molecule has 0 saturated carbocycles. The second-order valence-corrected chi connectivity index (χ2v) is 6.60. The molecule has 5 nitrogen and oxygen atoms in total. The maximum Gasteiger partial charge on any atom is 0.416 e. The first-order chi connectivity index (χ1) is 12.1. The van der Waals surface area contributed by atoms with Gasteiger partial charge in [0.25, 0.3) is 5.91 Å². The Kier molecular flexibility index (Phi) is 6.01. The van der Waals surface area contributed by atoms with Gasteiger partial charge in [-0.3, -0.25) is 9.59 Å². The second kappa shape index (κ2) is 7.86. The Morgan fingerprint density at radius 1 is 1.23 bits per heavy atom. The Bertz CT molecular complexity index is 801. The summed E-state index contributed by atoms with van der Waals surface area (Å²) in [5, 5.41) is 5.63. The molecule has 0 radical (unpaired) electrons. The standard InChI is InChI=1S/C17H18F3N3O2S/c1-4-21-14(24)10(3)22-15(25)13-9(2)23-16(26-13)11-5-7-12(8-6-11)17(18,19)20/h5-8,10H,4H2,1-3H3,(H,21,24)(H,22,25)/t10-/m0/s1. The van der Waals surface area contributed by atoms with E-state index in [0.29, 0.717) is 27.7 Å². The largest absolute Gasteiger partial charge is 0.416 e. The van der Waals surface area contributed by atoms with E-state index in [-0.39, 0.29) is 5.91 Å². The predicted octanol–water partition coefficient (Wildman–Crippen LogP) is 3.39. The zero-order valence-corrected chi connectivity index (χ0v) is 15.2. The topological polar surface area (TPSA) is 71.1 Å². The van der Waals surface area contributed by atoms with Gasteiger partial charge in [-0.25, -0.2) is 4.98 Å². The summed E-state index contributed by atoms with van der Waals surface area (Å²) in [5.41, 5.74) is 0.190. The minimum Gasteiger partial charge on any atom is -0.355 e. The van der Waals surface area contributed by atoms with Crippen molar-refractivity contribution in [3.8, 4) is 10.6 Å². The normalized spacial score (nSPS) is 12.5. The Morgan fingerprint density at radius 3 is 2.38 bits per heavy atom. The Labute approximate surface area is 152 Å². The third-order valence-electron chi connectivity index (χ3n) is 3.55. The van der Waals surface area contributed by atoms with Crippen molar-refractivity contribution in [2.75, 3.05) is 6.54 Å². The molecule has 0 aliphatic carbocycles. The van der Waals surface area contributed by atoms with Gasteiger partial charge >= 0.3 is 6.18 Å². The molecular formula is C17H18F3N3O2S. The van der Waals surface area contributed by atoms with E-state index in [1.54, 1.807) is 20.8 Å². The van der Waals surface area contributed by atoms with Crippen molar-refractivity contribution in [2.45, 2.75) is 33.0 Å². The summed E-state index contributed by atoms with van der Waals surface area (Å²) in [6, 6.07) is 3.88. The van der Waals surface area contributed by atoms with Crippen LogP contribution in [0.2, 0.25) is 0 Å². The number of aromatic nitrogens is 1. The molecule has 2 aromatic rings. The molecule has 1 heterocycles. The van der Waals surface area contributed by atoms with E-state index in [2.05, 4.69) is 15.6 Å². The lowest BCUT2D eigenvalue weighted by Crippen LogP contribution is -2.44. The number of rotatable bonds is 5. The molecule has 0 aliphatic rings. The van der Waals surface area contributed by atoms with Crippen molar-refractivity contribution in [1.29, 1.82) is 0 Å². The lowest BCUT2D eigenvalue weighted by Gasteiger charge is -2.12. The molecule has 0 fully saturated rings. The van der Waals surface area contributed by atoms with Crippen molar-refractivity contribution in [3.63, 3.8) is 0 Å². The highest BCUT2D eigenvalue weighted by Gasteiger charge is 2.30. The van der Waals surface area contributed by atoms with Crippen molar-refractivity contribution in [2.24, 2.45) is 0 Å². The fourth-order valence-electron chi connectivity index (χ4n) is 2.19. The van der Waals surface area contributed by atoms with Gasteiger partial charge in [0.1, 0.15) is 15.9 Å². The Morgan fingerprint density at radius 2 is 1.85 bits per heavy atom. The predicted molar refractivity (Wildman–Crippen MR) is 92.9 cm³/mol. The number of likely N-dealkylation sites (N-methyl/N-ethyl adjacent to an activating group) is 1. The van der Waals surface area contributed by atoms with Crippen LogP contribution in [0.5, 0.6) is 0 Å². The molecule has 2 N–H and O–H groups in total. The van der Waals surface area contributed by atoms with Gasteiger partial charge < -0.3 is 10.6 Å². The van der Waals surface area contributed by atoms with Gasteiger partial charge in [-0.1, -0.05) is 12.1 Å². The van der Waals surface area contributed by atoms with Crippen LogP contribution >= 0.6 is 11.3 Å². The molecule has 2 amide bonds. The number of aryl methyl sites for hydroxylation is 1. The summed E-state index contributed by atoms with van der Waals surface area (Å²) in [7, 11) is 0. The van der Waals surface area contributed by atoms with Gasteiger partial charge in [0.2, 0.25) is 5.91 Å². The van der Waals surface area contributed by atoms with E-state index in [4.69, 9.17) is 0 Å². The number of carbonyl (C=O) groups excluding carboxylic acids is 2. The van der Waals surface area contributed by atoms with Crippen molar-refractivity contribution in [1.82, 2.24) is 15.6 Å². The molecule has 1 aromatic heterocycles. The number of nitrogens with zero attached hydrogens (tertiary/aromatic N) is 1. The number of benzene rings is 1. The summed E-state index contributed by atoms with van der Waals surface area (Å²) in [5.74, 6) is -0.747. The highest BCUT2D eigenvalue weighted by Crippen LogP contribution is 2.32. The van der Waals surface area contributed by atoms with E-state index < -0.39 is 23.7 Å². The molecule has 0 aliphatic heterocycles. The fourth-order valence-corrected chi connectivity index (χ4v) is 3.16. The minimum atomic E-state index is -4.41. The van der Waals surface area contributed by atoms with Crippen LogP contribution in [-0.4, -0.2) is 29.4 Å². The summed E-state index contributed by atoms with van der Waals surface area (Å²) in [6.07, 6.45) is -4.41. The third-order valence-corrected chi connectivity index (χ3v) is 4.76. The number of hydrogen-bond acceptors (Lipinski definition) is 4. The van der Waals surface area contributed by atoms with E-state index in [9.17, 15) is 22.8 Å². The van der Waals surface area contributed by atoms with Crippen LogP contribution in [0.3, 0.4) is 0 Å². The van der Waals surface area contributed by atoms with Crippen LogP contribution < -0.4 is 10.6 Å². The van der Waals surface area contributed by atoms with Crippen LogP contribution in [0, 0.1) is 6.92 Å². The highest BCUT2D eigenvalue weighted by molar-refractivity contribution is 7.17. The lowest BCUT2D eigenvalue weighted by molar-refractivity contribution is -0.137. The first-order valence-corrected chi connectivity index (χ1v) is 8.68. The average Bonchev–Trinajstić information content (AvgIpc) is 2.96. The average molecular weight is 385 g/mol. The molecule has 0 unspecified atom stereocenters. The van der Waals surface area contributed by atoms with Crippen LogP contribution in [0.1, 0.15) is 34.8 Å². The second-order valence-electron chi connectivity index (χ2n) is 5.60. The van der Waals surface area contributed by atoms with Crippen LogP contribution in [-0.2, 0) is 11.0 Å². The fraction of sp³-hybridized carbons (Fsp3) is 0.353. The van der Waals surface area contributed by atoms with Crippen molar-refractivity contribution in [3.05, 3.63) is 40.4 Å². The minimum absolute atomic E-state index is 0.300. The van der Waals surface area contributed by atoms with Crippen LogP contribution in [0.25, 0.3) is 10.6 Å². The zero-order chi connectivity index (χ0) is 19.5. The van der Waals surface area contributed by atoms with Gasteiger partial charge in [0.05, 0.1) is 11.3 Å².